The Labute approximate surface area is 159 Å². The van der Waals surface area contributed by atoms with Crippen molar-refractivity contribution in [2.24, 2.45) is 0 Å². The summed E-state index contributed by atoms with van der Waals surface area (Å²) < 4.78 is 65.8. The number of nitrogens with one attached hydrogen (secondary N) is 1. The van der Waals surface area contributed by atoms with Crippen molar-refractivity contribution >= 4 is 17.7 Å². The molecule has 1 amide bonds. The summed E-state index contributed by atoms with van der Waals surface area (Å²) in [6, 6.07) is 4.93. The molecule has 1 heterocycles. The number of hydrogen-bond acceptors (Lipinski definition) is 2. The molecule has 4 nitrogen and oxygen atoms in total. The number of halogens is 5. The van der Waals surface area contributed by atoms with E-state index in [2.05, 4.69) is 10.4 Å². The maximum absolute atomic E-state index is 12.9. The van der Waals surface area contributed by atoms with Crippen LogP contribution in [0.3, 0.4) is 0 Å². The minimum Gasteiger partial charge on any atom is -0.320 e. The fourth-order valence-corrected chi connectivity index (χ4v) is 2.51. The molecule has 0 bridgehead atoms. The van der Waals surface area contributed by atoms with Crippen molar-refractivity contribution in [3.05, 3.63) is 53.9 Å². The second-order valence-corrected chi connectivity index (χ2v) is 6.43. The Morgan fingerprint density at radius 2 is 1.89 bits per heavy atom. The van der Waals surface area contributed by atoms with E-state index in [4.69, 9.17) is 0 Å². The molecule has 9 heteroatoms. The molecule has 2 aromatic rings. The Kier molecular flexibility index (Phi) is 6.93. The average Bonchev–Trinajstić information content (AvgIpc) is 3.03. The molecular formula is C19H20F5N3O. The van der Waals surface area contributed by atoms with Crippen LogP contribution in [0.4, 0.5) is 27.6 Å². The number of carbonyl (C=O) groups is 1. The van der Waals surface area contributed by atoms with Crippen LogP contribution in [0, 0.1) is 0 Å². The predicted molar refractivity (Wildman–Crippen MR) is 95.8 cm³/mol. The molecule has 1 aromatic carbocycles. The summed E-state index contributed by atoms with van der Waals surface area (Å²) >= 11 is 0. The van der Waals surface area contributed by atoms with Gasteiger partial charge in [-0.3, -0.25) is 9.48 Å². The van der Waals surface area contributed by atoms with E-state index in [1.807, 2.05) is 0 Å². The topological polar surface area (TPSA) is 46.9 Å². The van der Waals surface area contributed by atoms with Gasteiger partial charge in [-0.1, -0.05) is 18.2 Å². The lowest BCUT2D eigenvalue weighted by Gasteiger charge is -2.09. The molecule has 0 aliphatic rings. The van der Waals surface area contributed by atoms with E-state index < -0.39 is 23.6 Å². The van der Waals surface area contributed by atoms with E-state index in [0.29, 0.717) is 25.1 Å². The molecule has 0 saturated carbocycles. The monoisotopic (exact) mass is 401 g/mol. The molecule has 0 atom stereocenters. The lowest BCUT2D eigenvalue weighted by molar-refractivity contribution is -0.137. The first-order chi connectivity index (χ1) is 13.0. The van der Waals surface area contributed by atoms with Crippen LogP contribution in [0.2, 0.25) is 0 Å². The van der Waals surface area contributed by atoms with Gasteiger partial charge >= 0.3 is 6.18 Å². The quantitative estimate of drug-likeness (QED) is 0.367. The Bertz CT molecular complexity index is 821. The largest absolute Gasteiger partial charge is 0.416 e. The summed E-state index contributed by atoms with van der Waals surface area (Å²) in [5.74, 6) is -3.30. The van der Waals surface area contributed by atoms with Crippen molar-refractivity contribution in [1.82, 2.24) is 9.78 Å². The standard InChI is InChI=1S/C19H20F5N3O/c1-18(20,21)10-4-5-11-27-13-15(12-25-27)26-17(28)9-8-14-6-2-3-7-16(14)19(22,23)24/h2-3,6-9,12-13H,4-5,10-11H2,1H3,(H,26,28)/b9-8+. The van der Waals surface area contributed by atoms with Gasteiger partial charge in [0.25, 0.3) is 0 Å². The molecular weight excluding hydrogens is 381 g/mol. The summed E-state index contributed by atoms with van der Waals surface area (Å²) in [4.78, 5) is 11.9. The lowest BCUT2D eigenvalue weighted by atomic mass is 10.1. The highest BCUT2D eigenvalue weighted by atomic mass is 19.4. The molecule has 0 saturated heterocycles. The third kappa shape index (κ3) is 7.13. The highest BCUT2D eigenvalue weighted by molar-refractivity contribution is 6.01. The zero-order valence-corrected chi connectivity index (χ0v) is 15.1. The molecule has 2 rings (SSSR count). The van der Waals surface area contributed by atoms with Crippen LogP contribution in [0.1, 0.15) is 37.3 Å². The Morgan fingerprint density at radius 1 is 1.18 bits per heavy atom. The summed E-state index contributed by atoms with van der Waals surface area (Å²) in [7, 11) is 0. The third-order valence-electron chi connectivity index (χ3n) is 3.83. The van der Waals surface area contributed by atoms with Gasteiger partial charge < -0.3 is 5.32 Å². The van der Waals surface area contributed by atoms with E-state index in [-0.39, 0.29) is 12.0 Å². The van der Waals surface area contributed by atoms with Gasteiger partial charge in [0.15, 0.2) is 0 Å². The molecule has 0 spiro atoms. The molecule has 28 heavy (non-hydrogen) atoms. The Morgan fingerprint density at radius 3 is 2.57 bits per heavy atom. The molecule has 1 N–H and O–H groups in total. The fraction of sp³-hybridized carbons (Fsp3) is 0.368. The van der Waals surface area contributed by atoms with Gasteiger partial charge in [0.1, 0.15) is 0 Å². The van der Waals surface area contributed by atoms with Crippen molar-refractivity contribution in [2.45, 2.75) is 44.8 Å². The second kappa shape index (κ2) is 8.99. The summed E-state index contributed by atoms with van der Waals surface area (Å²) in [6.07, 6.45) is 1.13. The van der Waals surface area contributed by atoms with E-state index >= 15 is 0 Å². The van der Waals surface area contributed by atoms with E-state index in [1.54, 1.807) is 0 Å². The first kappa shape index (κ1) is 21.6. The molecule has 0 fully saturated rings. The minimum atomic E-state index is -4.51. The maximum atomic E-state index is 12.9. The van der Waals surface area contributed by atoms with E-state index in [1.165, 1.54) is 35.3 Å². The van der Waals surface area contributed by atoms with Crippen molar-refractivity contribution in [3.8, 4) is 0 Å². The zero-order chi connectivity index (χ0) is 20.8. The summed E-state index contributed by atoms with van der Waals surface area (Å²) in [6.45, 7) is 1.29. The number of rotatable bonds is 8. The number of hydrogen-bond donors (Lipinski definition) is 1. The van der Waals surface area contributed by atoms with E-state index in [9.17, 15) is 26.7 Å². The first-order valence-electron chi connectivity index (χ1n) is 8.60. The van der Waals surface area contributed by atoms with Crippen molar-refractivity contribution < 1.29 is 26.7 Å². The van der Waals surface area contributed by atoms with Gasteiger partial charge in [-0.25, -0.2) is 8.78 Å². The van der Waals surface area contributed by atoms with Crippen LogP contribution in [0.5, 0.6) is 0 Å². The van der Waals surface area contributed by atoms with E-state index in [0.717, 1.165) is 25.1 Å². The number of aryl methyl sites for hydroxylation is 1. The highest BCUT2D eigenvalue weighted by Crippen LogP contribution is 2.32. The van der Waals surface area contributed by atoms with Crippen LogP contribution in [0.25, 0.3) is 6.08 Å². The third-order valence-corrected chi connectivity index (χ3v) is 3.83. The van der Waals surface area contributed by atoms with Gasteiger partial charge in [0.2, 0.25) is 11.8 Å². The van der Waals surface area contributed by atoms with Gasteiger partial charge in [-0.05, 0) is 37.5 Å². The minimum absolute atomic E-state index is 0.117. The van der Waals surface area contributed by atoms with Crippen LogP contribution in [-0.2, 0) is 17.5 Å². The molecule has 1 aromatic heterocycles. The number of amides is 1. The van der Waals surface area contributed by atoms with Crippen molar-refractivity contribution in [1.29, 1.82) is 0 Å². The number of unbranched alkanes of at least 4 members (excludes halogenated alkanes) is 1. The van der Waals surface area contributed by atoms with Crippen LogP contribution < -0.4 is 5.32 Å². The van der Waals surface area contributed by atoms with Gasteiger partial charge in [-0.2, -0.15) is 18.3 Å². The predicted octanol–water partition coefficient (Wildman–Crippen LogP) is 5.38. The van der Waals surface area contributed by atoms with Crippen LogP contribution in [-0.4, -0.2) is 21.6 Å². The molecule has 152 valence electrons. The highest BCUT2D eigenvalue weighted by Gasteiger charge is 2.32. The fourth-order valence-electron chi connectivity index (χ4n) is 2.51. The zero-order valence-electron chi connectivity index (χ0n) is 15.1. The summed E-state index contributed by atoms with van der Waals surface area (Å²) in [5, 5.41) is 6.50. The SMILES string of the molecule is CC(F)(F)CCCCn1cc(NC(=O)/C=C/c2ccccc2C(F)(F)F)cn1. The van der Waals surface area contributed by atoms with Gasteiger partial charge in [0, 0.05) is 25.2 Å². The van der Waals surface area contributed by atoms with Crippen LogP contribution in [0.15, 0.2) is 42.7 Å². The molecule has 0 aliphatic heterocycles. The smallest absolute Gasteiger partial charge is 0.320 e. The average molecular weight is 401 g/mol. The number of anilines is 1. The number of nitrogens with zero attached hydrogens (tertiary/aromatic N) is 2. The maximum Gasteiger partial charge on any atom is 0.416 e. The lowest BCUT2D eigenvalue weighted by Crippen LogP contribution is -2.10. The van der Waals surface area contributed by atoms with Crippen molar-refractivity contribution in [2.75, 3.05) is 5.32 Å². The molecule has 0 aliphatic carbocycles. The Hall–Kier alpha value is -2.71. The van der Waals surface area contributed by atoms with Crippen molar-refractivity contribution in [3.63, 3.8) is 0 Å². The number of carbonyl (C=O) groups excluding carboxylic acids is 1. The van der Waals surface area contributed by atoms with Gasteiger partial charge in [0.05, 0.1) is 17.4 Å². The second-order valence-electron chi connectivity index (χ2n) is 6.43. The van der Waals surface area contributed by atoms with Gasteiger partial charge in [-0.15, -0.1) is 0 Å². The molecule has 0 radical (unpaired) electrons. The Balaban J connectivity index is 1.89. The number of benzene rings is 1. The normalized spacial score (nSPS) is 12.5. The molecule has 0 unspecified atom stereocenters. The summed E-state index contributed by atoms with van der Waals surface area (Å²) in [5.41, 5.74) is -0.585. The first-order valence-corrected chi connectivity index (χ1v) is 8.60. The number of alkyl halides is 5. The number of aromatic nitrogens is 2. The van der Waals surface area contributed by atoms with Crippen LogP contribution >= 0.6 is 0 Å².